The van der Waals surface area contributed by atoms with E-state index in [9.17, 15) is 9.59 Å². The van der Waals surface area contributed by atoms with Crippen molar-refractivity contribution >= 4 is 58.3 Å². The summed E-state index contributed by atoms with van der Waals surface area (Å²) in [5.41, 5.74) is 0.782. The van der Waals surface area contributed by atoms with Crippen LogP contribution >= 0.6 is 46.4 Å². The zero-order valence-corrected chi connectivity index (χ0v) is 14.0. The van der Waals surface area contributed by atoms with Gasteiger partial charge in [-0.05, 0) is 30.7 Å². The number of esters is 2. The van der Waals surface area contributed by atoms with Gasteiger partial charge in [-0.25, -0.2) is 0 Å². The standard InChI is InChI=1S/C13H12Cl4O4/c1-8-6-9(2-3-10(8)14)21-12(19)5-4-11(18)20-7-13(15,16)17/h2-3,6H,4-5,7H2,1H3. The fourth-order valence-electron chi connectivity index (χ4n) is 1.30. The van der Waals surface area contributed by atoms with E-state index in [0.717, 1.165) is 5.56 Å². The van der Waals surface area contributed by atoms with Crippen molar-refractivity contribution in [2.75, 3.05) is 6.61 Å². The molecule has 0 radical (unpaired) electrons. The van der Waals surface area contributed by atoms with Gasteiger partial charge in [0.05, 0.1) is 12.8 Å². The third-order valence-electron chi connectivity index (χ3n) is 2.29. The largest absolute Gasteiger partial charge is 0.461 e. The van der Waals surface area contributed by atoms with E-state index in [4.69, 9.17) is 51.1 Å². The number of alkyl halides is 3. The van der Waals surface area contributed by atoms with Crippen LogP contribution in [0.4, 0.5) is 0 Å². The van der Waals surface area contributed by atoms with E-state index in [1.807, 2.05) is 0 Å². The van der Waals surface area contributed by atoms with Gasteiger partial charge in [0.25, 0.3) is 0 Å². The summed E-state index contributed by atoms with van der Waals surface area (Å²) in [5, 5.41) is 0.574. The summed E-state index contributed by atoms with van der Waals surface area (Å²) in [7, 11) is 0. The summed E-state index contributed by atoms with van der Waals surface area (Å²) < 4.78 is 8.07. The van der Waals surface area contributed by atoms with Crippen LogP contribution in [0, 0.1) is 6.92 Å². The number of halogens is 4. The predicted molar refractivity (Wildman–Crippen MR) is 82.3 cm³/mol. The molecule has 0 aliphatic heterocycles. The van der Waals surface area contributed by atoms with Crippen molar-refractivity contribution in [1.82, 2.24) is 0 Å². The molecule has 0 heterocycles. The SMILES string of the molecule is Cc1cc(OC(=O)CCC(=O)OCC(Cl)(Cl)Cl)ccc1Cl. The third-order valence-corrected chi connectivity index (χ3v) is 3.04. The van der Waals surface area contributed by atoms with Crippen LogP contribution in [0.2, 0.25) is 5.02 Å². The molecule has 0 aliphatic carbocycles. The molecular weight excluding hydrogens is 362 g/mol. The fourth-order valence-corrected chi connectivity index (χ4v) is 1.58. The molecule has 116 valence electrons. The second kappa shape index (κ2) is 8.08. The number of hydrogen-bond acceptors (Lipinski definition) is 4. The lowest BCUT2D eigenvalue weighted by Crippen LogP contribution is -2.18. The van der Waals surface area contributed by atoms with Crippen molar-refractivity contribution in [1.29, 1.82) is 0 Å². The van der Waals surface area contributed by atoms with Gasteiger partial charge in [0.15, 0.2) is 0 Å². The molecule has 0 spiro atoms. The molecule has 0 aromatic heterocycles. The highest BCUT2D eigenvalue weighted by atomic mass is 35.6. The minimum Gasteiger partial charge on any atom is -0.461 e. The highest BCUT2D eigenvalue weighted by Gasteiger charge is 2.22. The lowest BCUT2D eigenvalue weighted by Gasteiger charge is -2.11. The van der Waals surface area contributed by atoms with Gasteiger partial charge >= 0.3 is 11.9 Å². The number of aryl methyl sites for hydroxylation is 1. The van der Waals surface area contributed by atoms with Gasteiger partial charge in [0.1, 0.15) is 12.4 Å². The molecule has 0 aliphatic rings. The first-order valence-electron chi connectivity index (χ1n) is 5.86. The zero-order valence-electron chi connectivity index (χ0n) is 11.0. The smallest absolute Gasteiger partial charge is 0.311 e. The van der Waals surface area contributed by atoms with E-state index in [1.54, 1.807) is 25.1 Å². The minimum absolute atomic E-state index is 0.139. The van der Waals surface area contributed by atoms with Crippen LogP contribution in [-0.4, -0.2) is 22.3 Å². The summed E-state index contributed by atoms with van der Waals surface area (Å²) >= 11 is 22.1. The Morgan fingerprint density at radius 1 is 1.14 bits per heavy atom. The number of ether oxygens (including phenoxy) is 2. The Hall–Kier alpha value is -0.680. The molecule has 0 unspecified atom stereocenters. The molecule has 0 fully saturated rings. The molecular formula is C13H12Cl4O4. The van der Waals surface area contributed by atoms with Gasteiger partial charge in [0.2, 0.25) is 3.79 Å². The molecule has 0 saturated heterocycles. The van der Waals surface area contributed by atoms with E-state index in [2.05, 4.69) is 4.74 Å². The van der Waals surface area contributed by atoms with Crippen LogP contribution in [-0.2, 0) is 14.3 Å². The average Bonchev–Trinajstić information content (AvgIpc) is 2.37. The molecule has 0 N–H and O–H groups in total. The summed E-state index contributed by atoms with van der Waals surface area (Å²) in [6, 6.07) is 4.81. The molecule has 0 atom stereocenters. The minimum atomic E-state index is -1.67. The normalized spacial score (nSPS) is 11.1. The molecule has 1 aromatic carbocycles. The van der Waals surface area contributed by atoms with Crippen LogP contribution in [0.15, 0.2) is 18.2 Å². The lowest BCUT2D eigenvalue weighted by atomic mass is 10.2. The van der Waals surface area contributed by atoms with Gasteiger partial charge in [-0.1, -0.05) is 46.4 Å². The number of hydrogen-bond donors (Lipinski definition) is 0. The Bertz CT molecular complexity index is 525. The Balaban J connectivity index is 2.37. The molecule has 0 saturated carbocycles. The summed E-state index contributed by atoms with van der Waals surface area (Å²) in [5.74, 6) is -0.857. The molecule has 1 aromatic rings. The van der Waals surface area contributed by atoms with E-state index in [0.29, 0.717) is 10.8 Å². The monoisotopic (exact) mass is 372 g/mol. The summed E-state index contributed by atoms with van der Waals surface area (Å²) in [6.07, 6.45) is -0.299. The van der Waals surface area contributed by atoms with Crippen LogP contribution in [0.25, 0.3) is 0 Å². The molecule has 4 nitrogen and oxygen atoms in total. The average molecular weight is 374 g/mol. The van der Waals surface area contributed by atoms with Gasteiger partial charge in [-0.3, -0.25) is 9.59 Å². The van der Waals surface area contributed by atoms with Crippen molar-refractivity contribution in [3.63, 3.8) is 0 Å². The third kappa shape index (κ3) is 7.77. The van der Waals surface area contributed by atoms with Crippen LogP contribution in [0.5, 0.6) is 5.75 Å². The number of carbonyl (C=O) groups excluding carboxylic acids is 2. The maximum Gasteiger partial charge on any atom is 0.311 e. The van der Waals surface area contributed by atoms with Gasteiger partial charge < -0.3 is 9.47 Å². The van der Waals surface area contributed by atoms with Gasteiger partial charge in [-0.2, -0.15) is 0 Å². The van der Waals surface area contributed by atoms with E-state index in [1.165, 1.54) is 0 Å². The Kier molecular flexibility index (Phi) is 7.07. The Labute approximate surface area is 142 Å². The van der Waals surface area contributed by atoms with Crippen molar-refractivity contribution < 1.29 is 19.1 Å². The number of carbonyl (C=O) groups is 2. The number of benzene rings is 1. The van der Waals surface area contributed by atoms with Gasteiger partial charge in [0, 0.05) is 5.02 Å². The number of rotatable bonds is 5. The van der Waals surface area contributed by atoms with Crippen LogP contribution in [0.1, 0.15) is 18.4 Å². The Morgan fingerprint density at radius 2 is 1.76 bits per heavy atom. The highest BCUT2D eigenvalue weighted by molar-refractivity contribution is 6.67. The van der Waals surface area contributed by atoms with E-state index < -0.39 is 15.7 Å². The summed E-state index contributed by atoms with van der Waals surface area (Å²) in [6.45, 7) is 1.41. The molecule has 0 bridgehead atoms. The fraction of sp³-hybridized carbons (Fsp3) is 0.385. The first-order chi connectivity index (χ1) is 9.67. The molecule has 1 rings (SSSR count). The maximum atomic E-state index is 11.6. The summed E-state index contributed by atoms with van der Waals surface area (Å²) in [4.78, 5) is 22.9. The predicted octanol–water partition coefficient (Wildman–Crippen LogP) is 4.25. The first-order valence-corrected chi connectivity index (χ1v) is 7.38. The lowest BCUT2D eigenvalue weighted by molar-refractivity contribution is -0.146. The highest BCUT2D eigenvalue weighted by Crippen LogP contribution is 2.26. The van der Waals surface area contributed by atoms with Crippen molar-refractivity contribution in [2.45, 2.75) is 23.6 Å². The zero-order chi connectivity index (χ0) is 16.0. The quantitative estimate of drug-likeness (QED) is 0.440. The van der Waals surface area contributed by atoms with E-state index in [-0.39, 0.29) is 19.4 Å². The van der Waals surface area contributed by atoms with Crippen LogP contribution in [0.3, 0.4) is 0 Å². The van der Waals surface area contributed by atoms with Crippen LogP contribution < -0.4 is 4.74 Å². The van der Waals surface area contributed by atoms with E-state index >= 15 is 0 Å². The molecule has 8 heteroatoms. The molecule has 0 amide bonds. The van der Waals surface area contributed by atoms with Gasteiger partial charge in [-0.15, -0.1) is 0 Å². The first kappa shape index (κ1) is 18.4. The molecule has 21 heavy (non-hydrogen) atoms. The second-order valence-corrected chi connectivity index (χ2v) is 7.08. The Morgan fingerprint density at radius 3 is 2.33 bits per heavy atom. The van der Waals surface area contributed by atoms with Crippen molar-refractivity contribution in [3.8, 4) is 5.75 Å². The second-order valence-electron chi connectivity index (χ2n) is 4.16. The van der Waals surface area contributed by atoms with Crippen molar-refractivity contribution in [2.24, 2.45) is 0 Å². The maximum absolute atomic E-state index is 11.6. The topological polar surface area (TPSA) is 52.6 Å². The van der Waals surface area contributed by atoms with Crippen molar-refractivity contribution in [3.05, 3.63) is 28.8 Å².